The number of carbonyl (C=O) groups excluding carboxylic acids is 3. The van der Waals surface area contributed by atoms with E-state index in [9.17, 15) is 14.4 Å². The van der Waals surface area contributed by atoms with Gasteiger partial charge in [-0.1, -0.05) is 34.6 Å². The normalized spacial score (nSPS) is 25.5. The molecule has 3 atom stereocenters. The predicted molar refractivity (Wildman–Crippen MR) is 125 cm³/mol. The van der Waals surface area contributed by atoms with Crippen LogP contribution in [0.15, 0.2) is 21.6 Å². The molecule has 0 saturated heterocycles. The van der Waals surface area contributed by atoms with E-state index in [0.29, 0.717) is 45.1 Å². The molecule has 0 aromatic rings. The quantitative estimate of drug-likeness (QED) is 0.419. The summed E-state index contributed by atoms with van der Waals surface area (Å²) in [5, 5.41) is 9.07. The van der Waals surface area contributed by atoms with Crippen LogP contribution in [0, 0.1) is 23.2 Å². The molecular weight excluding hydrogens is 412 g/mol. The number of allylic oxidation sites excluding steroid dienone is 4. The van der Waals surface area contributed by atoms with Gasteiger partial charge in [0.05, 0.1) is 17.9 Å². The second kappa shape index (κ2) is 10.5. The summed E-state index contributed by atoms with van der Waals surface area (Å²) in [5.41, 5.74) is 0.381. The summed E-state index contributed by atoms with van der Waals surface area (Å²) in [6.45, 7) is 13.6. The first-order valence-electron chi connectivity index (χ1n) is 11.4. The third kappa shape index (κ3) is 5.89. The van der Waals surface area contributed by atoms with Crippen molar-refractivity contribution in [3.8, 4) is 0 Å². The second-order valence-corrected chi connectivity index (χ2v) is 11.2. The second-order valence-electron chi connectivity index (χ2n) is 10.1. The molecular formula is C25H38O5S. The van der Waals surface area contributed by atoms with E-state index in [2.05, 4.69) is 20.8 Å². The molecule has 0 spiro atoms. The third-order valence-corrected chi connectivity index (χ3v) is 7.96. The van der Waals surface area contributed by atoms with Crippen LogP contribution in [0.4, 0.5) is 0 Å². The maximum Gasteiger partial charge on any atom is 0.306 e. The summed E-state index contributed by atoms with van der Waals surface area (Å²) in [6, 6.07) is 0. The molecule has 1 unspecified atom stereocenters. The highest BCUT2D eigenvalue weighted by molar-refractivity contribution is 8.04. The molecule has 5 nitrogen and oxygen atoms in total. The van der Waals surface area contributed by atoms with Gasteiger partial charge in [0, 0.05) is 27.9 Å². The molecule has 0 heterocycles. The van der Waals surface area contributed by atoms with Crippen molar-refractivity contribution in [2.45, 2.75) is 80.3 Å². The van der Waals surface area contributed by atoms with Gasteiger partial charge in [0.2, 0.25) is 0 Å². The van der Waals surface area contributed by atoms with Crippen LogP contribution in [0.5, 0.6) is 0 Å². The number of hydrogen-bond donors (Lipinski definition) is 1. The molecule has 174 valence electrons. The van der Waals surface area contributed by atoms with Gasteiger partial charge in [-0.05, 0) is 50.9 Å². The average molecular weight is 451 g/mol. The van der Waals surface area contributed by atoms with Crippen LogP contribution in [0.25, 0.3) is 0 Å². The maximum atomic E-state index is 13.1. The molecule has 1 N–H and O–H groups in total. The molecule has 2 rings (SSSR count). The standard InChI is InChI=1S/C25H38O5S/c1-14(2)19-12-18(9-8-15(19)3)30-20(27)13-25(6,7)21-16(4)23(29)24(31-11-10-26)17(5)22(21)28/h14-15,18-19,26H,8-13H2,1-7H3/t15-,18?,19+/m1/s1. The zero-order valence-corrected chi connectivity index (χ0v) is 20.9. The summed E-state index contributed by atoms with van der Waals surface area (Å²) < 4.78 is 5.84. The highest BCUT2D eigenvalue weighted by Crippen LogP contribution is 2.42. The molecule has 1 fully saturated rings. The topological polar surface area (TPSA) is 80.7 Å². The Kier molecular flexibility index (Phi) is 8.74. The third-order valence-electron chi connectivity index (χ3n) is 6.80. The Hall–Kier alpha value is -1.40. The lowest BCUT2D eigenvalue weighted by Crippen LogP contribution is -2.35. The summed E-state index contributed by atoms with van der Waals surface area (Å²) >= 11 is 1.21. The first-order chi connectivity index (χ1) is 14.4. The van der Waals surface area contributed by atoms with Crippen LogP contribution in [0.1, 0.15) is 74.1 Å². The number of ether oxygens (including phenoxy) is 1. The fraction of sp³-hybridized carbons (Fsp3) is 0.720. The molecule has 0 bridgehead atoms. The highest BCUT2D eigenvalue weighted by Gasteiger charge is 2.40. The van der Waals surface area contributed by atoms with Crippen molar-refractivity contribution < 1.29 is 24.2 Å². The van der Waals surface area contributed by atoms with E-state index in [4.69, 9.17) is 9.84 Å². The lowest BCUT2D eigenvalue weighted by molar-refractivity contribution is -0.154. The molecule has 1 saturated carbocycles. The smallest absolute Gasteiger partial charge is 0.306 e. The number of aliphatic hydroxyl groups excluding tert-OH is 1. The van der Waals surface area contributed by atoms with Crippen LogP contribution in [-0.2, 0) is 19.1 Å². The van der Waals surface area contributed by atoms with E-state index >= 15 is 0 Å². The lowest BCUT2D eigenvalue weighted by atomic mass is 9.72. The van der Waals surface area contributed by atoms with Gasteiger partial charge in [-0.3, -0.25) is 14.4 Å². The van der Waals surface area contributed by atoms with Crippen LogP contribution >= 0.6 is 11.8 Å². The van der Waals surface area contributed by atoms with Crippen LogP contribution in [-0.4, -0.2) is 41.1 Å². The van der Waals surface area contributed by atoms with Crippen molar-refractivity contribution in [3.63, 3.8) is 0 Å². The van der Waals surface area contributed by atoms with Crippen molar-refractivity contribution in [2.75, 3.05) is 12.4 Å². The Morgan fingerprint density at radius 1 is 1.16 bits per heavy atom. The Morgan fingerprint density at radius 3 is 2.39 bits per heavy atom. The number of Topliss-reactive ketones (excluding diaryl/α,β-unsaturated/α-hetero) is 2. The molecule has 0 amide bonds. The maximum absolute atomic E-state index is 13.1. The largest absolute Gasteiger partial charge is 0.462 e. The van der Waals surface area contributed by atoms with Crippen LogP contribution < -0.4 is 0 Å². The molecule has 6 heteroatoms. The van der Waals surface area contributed by atoms with Gasteiger partial charge in [0.25, 0.3) is 0 Å². The number of ketones is 2. The average Bonchev–Trinajstić information content (AvgIpc) is 2.67. The fourth-order valence-corrected chi connectivity index (χ4v) is 5.97. The number of esters is 1. The van der Waals surface area contributed by atoms with Gasteiger partial charge < -0.3 is 9.84 Å². The number of thioether (sulfide) groups is 1. The van der Waals surface area contributed by atoms with Gasteiger partial charge in [0.1, 0.15) is 6.10 Å². The SMILES string of the molecule is CC1=C(SCCO)C(=O)C(C)=C(C(C)(C)CC(=O)OC2CC[C@@H](C)[C@H](C(C)C)C2)C1=O. The molecule has 0 aliphatic heterocycles. The summed E-state index contributed by atoms with van der Waals surface area (Å²) in [4.78, 5) is 39.2. The van der Waals surface area contributed by atoms with Crippen molar-refractivity contribution in [2.24, 2.45) is 23.2 Å². The van der Waals surface area contributed by atoms with E-state index in [1.807, 2.05) is 13.8 Å². The van der Waals surface area contributed by atoms with Gasteiger partial charge in [0.15, 0.2) is 11.6 Å². The molecule has 31 heavy (non-hydrogen) atoms. The summed E-state index contributed by atoms with van der Waals surface area (Å²) in [7, 11) is 0. The van der Waals surface area contributed by atoms with Crippen molar-refractivity contribution >= 4 is 29.3 Å². The first kappa shape index (κ1) is 25.9. The van der Waals surface area contributed by atoms with Crippen LogP contribution in [0.3, 0.4) is 0 Å². The summed E-state index contributed by atoms with van der Waals surface area (Å²) in [5.74, 6) is 1.41. The first-order valence-corrected chi connectivity index (χ1v) is 12.3. The molecule has 0 aromatic heterocycles. The highest BCUT2D eigenvalue weighted by atomic mass is 32.2. The zero-order chi connectivity index (χ0) is 23.5. The van der Waals surface area contributed by atoms with Crippen molar-refractivity contribution in [1.82, 2.24) is 0 Å². The molecule has 0 aromatic carbocycles. The Balaban J connectivity index is 2.13. The van der Waals surface area contributed by atoms with E-state index in [1.54, 1.807) is 13.8 Å². The van der Waals surface area contributed by atoms with Crippen LogP contribution in [0.2, 0.25) is 0 Å². The molecule has 0 radical (unpaired) electrons. The summed E-state index contributed by atoms with van der Waals surface area (Å²) in [6.07, 6.45) is 2.80. The monoisotopic (exact) mass is 450 g/mol. The minimum Gasteiger partial charge on any atom is -0.462 e. The van der Waals surface area contributed by atoms with E-state index in [-0.39, 0.29) is 36.7 Å². The lowest BCUT2D eigenvalue weighted by Gasteiger charge is -2.37. The minimum absolute atomic E-state index is 0.0590. The van der Waals surface area contributed by atoms with Gasteiger partial charge in [-0.25, -0.2) is 0 Å². The Labute approximate surface area is 191 Å². The van der Waals surface area contributed by atoms with E-state index in [1.165, 1.54) is 11.8 Å². The number of aliphatic hydroxyl groups is 1. The Bertz CT molecular complexity index is 790. The molecule has 2 aliphatic rings. The zero-order valence-electron chi connectivity index (χ0n) is 20.0. The van der Waals surface area contributed by atoms with Gasteiger partial charge in [-0.2, -0.15) is 0 Å². The minimum atomic E-state index is -0.804. The predicted octanol–water partition coefficient (Wildman–Crippen LogP) is 4.87. The Morgan fingerprint density at radius 2 is 1.81 bits per heavy atom. The van der Waals surface area contributed by atoms with Crippen molar-refractivity contribution in [1.29, 1.82) is 0 Å². The number of rotatable bonds is 8. The number of carbonyl (C=O) groups is 3. The fourth-order valence-electron chi connectivity index (χ4n) is 5.08. The van der Waals surface area contributed by atoms with Gasteiger partial charge >= 0.3 is 5.97 Å². The van der Waals surface area contributed by atoms with E-state index < -0.39 is 5.41 Å². The van der Waals surface area contributed by atoms with E-state index in [0.717, 1.165) is 19.3 Å². The number of hydrogen-bond acceptors (Lipinski definition) is 6. The van der Waals surface area contributed by atoms with Gasteiger partial charge in [-0.15, -0.1) is 11.8 Å². The molecule has 2 aliphatic carbocycles. The van der Waals surface area contributed by atoms with Crippen molar-refractivity contribution in [3.05, 3.63) is 21.6 Å².